The maximum atomic E-state index is 14.0. The van der Waals surface area contributed by atoms with E-state index in [0.29, 0.717) is 25.2 Å². The first-order chi connectivity index (χ1) is 9.20. The highest BCUT2D eigenvalue weighted by Crippen LogP contribution is 2.27. The van der Waals surface area contributed by atoms with Gasteiger partial charge in [0.1, 0.15) is 5.82 Å². The Hall–Kier alpha value is -0.490. The molecule has 1 fully saturated rings. The standard InChI is InChI=1S/C14H19BrFNO2/c1-2-5-17-13(9-14-18-6-7-19-14)11-8-10(15)3-4-12(11)16/h3-4,8,13-14,17H,2,5-7,9H2,1H3. The van der Waals surface area contributed by atoms with Gasteiger partial charge in [0.2, 0.25) is 0 Å². The first kappa shape index (κ1) is 14.9. The third-order valence-electron chi connectivity index (χ3n) is 3.09. The zero-order valence-electron chi connectivity index (χ0n) is 11.0. The lowest BCUT2D eigenvalue weighted by Gasteiger charge is -2.22. The van der Waals surface area contributed by atoms with E-state index in [0.717, 1.165) is 17.4 Å². The van der Waals surface area contributed by atoms with Gasteiger partial charge in [0.05, 0.1) is 13.2 Å². The molecule has 0 spiro atoms. The van der Waals surface area contributed by atoms with Crippen LogP contribution in [0.4, 0.5) is 4.39 Å². The van der Waals surface area contributed by atoms with Gasteiger partial charge >= 0.3 is 0 Å². The smallest absolute Gasteiger partial charge is 0.159 e. The number of hydrogen-bond acceptors (Lipinski definition) is 3. The Morgan fingerprint density at radius 2 is 2.16 bits per heavy atom. The van der Waals surface area contributed by atoms with Crippen LogP contribution < -0.4 is 5.32 Å². The van der Waals surface area contributed by atoms with Gasteiger partial charge in [-0.3, -0.25) is 0 Å². The van der Waals surface area contributed by atoms with Crippen LogP contribution in [-0.4, -0.2) is 26.0 Å². The van der Waals surface area contributed by atoms with E-state index < -0.39 is 0 Å². The molecule has 1 aliphatic rings. The van der Waals surface area contributed by atoms with E-state index in [1.807, 2.05) is 6.07 Å². The van der Waals surface area contributed by atoms with Crippen molar-refractivity contribution < 1.29 is 13.9 Å². The molecule has 1 heterocycles. The monoisotopic (exact) mass is 331 g/mol. The second-order valence-corrected chi connectivity index (χ2v) is 5.50. The lowest BCUT2D eigenvalue weighted by molar-refractivity contribution is -0.0531. The summed E-state index contributed by atoms with van der Waals surface area (Å²) < 4.78 is 25.8. The van der Waals surface area contributed by atoms with Crippen molar-refractivity contribution in [2.75, 3.05) is 19.8 Å². The molecule has 1 aromatic rings. The summed E-state index contributed by atoms with van der Waals surface area (Å²) in [5.41, 5.74) is 0.655. The molecule has 1 unspecified atom stereocenters. The minimum Gasteiger partial charge on any atom is -0.350 e. The summed E-state index contributed by atoms with van der Waals surface area (Å²) in [6, 6.07) is 4.91. The summed E-state index contributed by atoms with van der Waals surface area (Å²) in [4.78, 5) is 0. The van der Waals surface area contributed by atoms with Crippen LogP contribution >= 0.6 is 15.9 Å². The molecule has 1 aliphatic heterocycles. The maximum absolute atomic E-state index is 14.0. The van der Waals surface area contributed by atoms with Crippen LogP contribution in [0, 0.1) is 5.82 Å². The van der Waals surface area contributed by atoms with E-state index in [4.69, 9.17) is 9.47 Å². The fraction of sp³-hybridized carbons (Fsp3) is 0.571. The van der Waals surface area contributed by atoms with Crippen LogP contribution in [0.1, 0.15) is 31.4 Å². The van der Waals surface area contributed by atoms with E-state index in [2.05, 4.69) is 28.2 Å². The molecule has 0 amide bonds. The molecule has 1 N–H and O–H groups in total. The largest absolute Gasteiger partial charge is 0.350 e. The van der Waals surface area contributed by atoms with Gasteiger partial charge in [0.15, 0.2) is 6.29 Å². The minimum absolute atomic E-state index is 0.0967. The molecule has 0 aliphatic carbocycles. The summed E-state index contributed by atoms with van der Waals surface area (Å²) in [5, 5.41) is 3.36. The van der Waals surface area contributed by atoms with Gasteiger partial charge in [-0.05, 0) is 31.2 Å². The van der Waals surface area contributed by atoms with E-state index in [1.54, 1.807) is 6.07 Å². The fourth-order valence-corrected chi connectivity index (χ4v) is 2.54. The van der Waals surface area contributed by atoms with Crippen LogP contribution in [0.15, 0.2) is 22.7 Å². The molecule has 0 aromatic heterocycles. The zero-order valence-corrected chi connectivity index (χ0v) is 12.6. The molecule has 2 rings (SSSR count). The van der Waals surface area contributed by atoms with E-state index in [1.165, 1.54) is 6.07 Å². The van der Waals surface area contributed by atoms with Crippen molar-refractivity contribution in [3.8, 4) is 0 Å². The van der Waals surface area contributed by atoms with Gasteiger partial charge in [0.25, 0.3) is 0 Å². The van der Waals surface area contributed by atoms with Crippen LogP contribution in [0.25, 0.3) is 0 Å². The second-order valence-electron chi connectivity index (χ2n) is 4.58. The molecule has 1 saturated heterocycles. The molecule has 0 bridgehead atoms. The topological polar surface area (TPSA) is 30.5 Å². The van der Waals surface area contributed by atoms with Crippen molar-refractivity contribution in [3.63, 3.8) is 0 Å². The SMILES string of the molecule is CCCNC(CC1OCCO1)c1cc(Br)ccc1F. The second kappa shape index (κ2) is 7.33. The van der Waals surface area contributed by atoms with Crippen molar-refractivity contribution in [3.05, 3.63) is 34.1 Å². The quantitative estimate of drug-likeness (QED) is 0.866. The highest BCUT2D eigenvalue weighted by Gasteiger charge is 2.24. The Labute approximate surface area is 121 Å². The third kappa shape index (κ3) is 4.24. The number of benzene rings is 1. The Balaban J connectivity index is 2.12. The molecular formula is C14H19BrFNO2. The first-order valence-electron chi connectivity index (χ1n) is 6.62. The summed E-state index contributed by atoms with van der Waals surface area (Å²) in [6.45, 7) is 4.16. The van der Waals surface area contributed by atoms with Crippen molar-refractivity contribution in [2.24, 2.45) is 0 Å². The van der Waals surface area contributed by atoms with Gasteiger partial charge in [0, 0.05) is 22.5 Å². The lowest BCUT2D eigenvalue weighted by atomic mass is 10.0. The fourth-order valence-electron chi connectivity index (χ4n) is 2.16. The maximum Gasteiger partial charge on any atom is 0.159 e. The Bertz CT molecular complexity index is 410. The number of ether oxygens (including phenoxy) is 2. The van der Waals surface area contributed by atoms with Gasteiger partial charge in [-0.2, -0.15) is 0 Å². The average Bonchev–Trinajstić information content (AvgIpc) is 2.90. The third-order valence-corrected chi connectivity index (χ3v) is 3.59. The van der Waals surface area contributed by atoms with Crippen LogP contribution in [0.2, 0.25) is 0 Å². The van der Waals surface area contributed by atoms with Crippen LogP contribution in [-0.2, 0) is 9.47 Å². The summed E-state index contributed by atoms with van der Waals surface area (Å²) in [7, 11) is 0. The molecule has 5 heteroatoms. The molecular weight excluding hydrogens is 313 g/mol. The predicted molar refractivity (Wildman–Crippen MR) is 75.4 cm³/mol. The molecule has 0 radical (unpaired) electrons. The minimum atomic E-state index is -0.243. The van der Waals surface area contributed by atoms with Crippen molar-refractivity contribution in [2.45, 2.75) is 32.1 Å². The molecule has 1 atom stereocenters. The van der Waals surface area contributed by atoms with E-state index in [9.17, 15) is 4.39 Å². The Morgan fingerprint density at radius 1 is 1.42 bits per heavy atom. The van der Waals surface area contributed by atoms with Gasteiger partial charge in [-0.25, -0.2) is 4.39 Å². The average molecular weight is 332 g/mol. The first-order valence-corrected chi connectivity index (χ1v) is 7.41. The van der Waals surface area contributed by atoms with E-state index in [-0.39, 0.29) is 18.1 Å². The number of rotatable bonds is 6. The van der Waals surface area contributed by atoms with Gasteiger partial charge in [-0.15, -0.1) is 0 Å². The molecule has 19 heavy (non-hydrogen) atoms. The van der Waals surface area contributed by atoms with Crippen LogP contribution in [0.3, 0.4) is 0 Å². The van der Waals surface area contributed by atoms with Gasteiger partial charge < -0.3 is 14.8 Å². The number of nitrogens with one attached hydrogen (secondary N) is 1. The van der Waals surface area contributed by atoms with Crippen molar-refractivity contribution in [1.82, 2.24) is 5.32 Å². The predicted octanol–water partition coefficient (Wildman–Crippen LogP) is 3.39. The highest BCUT2D eigenvalue weighted by atomic mass is 79.9. The highest BCUT2D eigenvalue weighted by molar-refractivity contribution is 9.10. The molecule has 1 aromatic carbocycles. The van der Waals surface area contributed by atoms with E-state index >= 15 is 0 Å². The molecule has 106 valence electrons. The van der Waals surface area contributed by atoms with Crippen molar-refractivity contribution >= 4 is 15.9 Å². The van der Waals surface area contributed by atoms with Crippen molar-refractivity contribution in [1.29, 1.82) is 0 Å². The number of hydrogen-bond donors (Lipinski definition) is 1. The zero-order chi connectivity index (χ0) is 13.7. The summed E-state index contributed by atoms with van der Waals surface area (Å²) in [5.74, 6) is -0.199. The normalized spacial score (nSPS) is 17.8. The Morgan fingerprint density at radius 3 is 2.84 bits per heavy atom. The number of halogens is 2. The Kier molecular flexibility index (Phi) is 5.76. The molecule has 0 saturated carbocycles. The van der Waals surface area contributed by atoms with Gasteiger partial charge in [-0.1, -0.05) is 22.9 Å². The molecule has 3 nitrogen and oxygen atoms in total. The summed E-state index contributed by atoms with van der Waals surface area (Å²) in [6.07, 6.45) is 1.37. The summed E-state index contributed by atoms with van der Waals surface area (Å²) >= 11 is 3.39. The van der Waals surface area contributed by atoms with Crippen LogP contribution in [0.5, 0.6) is 0 Å². The lowest BCUT2D eigenvalue weighted by Crippen LogP contribution is -2.27.